The van der Waals surface area contributed by atoms with Crippen molar-refractivity contribution in [3.05, 3.63) is 65.5 Å². The summed E-state index contributed by atoms with van der Waals surface area (Å²) in [5.74, 6) is 0.137. The Morgan fingerprint density at radius 1 is 0.906 bits per heavy atom. The second-order valence-corrected chi connectivity index (χ2v) is 6.99. The third-order valence-corrected chi connectivity index (χ3v) is 4.95. The number of nitrogens with zero attached hydrogens (tertiary/aromatic N) is 1. The zero-order chi connectivity index (χ0) is 23.3. The van der Waals surface area contributed by atoms with Crippen LogP contribution in [0, 0.1) is 13.8 Å². The molecule has 0 unspecified atom stereocenters. The number of esters is 1. The Labute approximate surface area is 186 Å². The molecular formula is C24H26N2O6. The number of anilines is 1. The van der Waals surface area contributed by atoms with Crippen LogP contribution in [0.4, 0.5) is 5.69 Å². The number of rotatable bonds is 8. The lowest BCUT2D eigenvalue weighted by atomic mass is 10.2. The first-order chi connectivity index (χ1) is 15.4. The lowest BCUT2D eigenvalue weighted by molar-refractivity contribution is -0.119. The average Bonchev–Trinajstić information content (AvgIpc) is 3.11. The molecule has 0 spiro atoms. The second-order valence-electron chi connectivity index (χ2n) is 6.99. The van der Waals surface area contributed by atoms with Gasteiger partial charge in [0.05, 0.1) is 26.9 Å². The predicted octanol–water partition coefficient (Wildman–Crippen LogP) is 3.92. The van der Waals surface area contributed by atoms with Gasteiger partial charge < -0.3 is 28.8 Å². The fourth-order valence-electron chi connectivity index (χ4n) is 3.50. The molecule has 2 aromatic carbocycles. The first-order valence-corrected chi connectivity index (χ1v) is 9.91. The van der Waals surface area contributed by atoms with Crippen LogP contribution in [0.2, 0.25) is 0 Å². The summed E-state index contributed by atoms with van der Waals surface area (Å²) in [4.78, 5) is 25.0. The van der Waals surface area contributed by atoms with Crippen LogP contribution in [-0.4, -0.2) is 44.4 Å². The summed E-state index contributed by atoms with van der Waals surface area (Å²) in [7, 11) is 4.46. The van der Waals surface area contributed by atoms with Crippen molar-refractivity contribution in [2.24, 2.45) is 0 Å². The highest BCUT2D eigenvalue weighted by Gasteiger charge is 2.19. The Kier molecular flexibility index (Phi) is 7.04. The predicted molar refractivity (Wildman–Crippen MR) is 120 cm³/mol. The Morgan fingerprint density at radius 2 is 1.53 bits per heavy atom. The molecule has 0 saturated carbocycles. The molecule has 0 atom stereocenters. The maximum Gasteiger partial charge on any atom is 0.340 e. The van der Waals surface area contributed by atoms with Gasteiger partial charge in [-0.25, -0.2) is 4.79 Å². The summed E-state index contributed by atoms with van der Waals surface area (Å²) in [6.45, 7) is 3.31. The van der Waals surface area contributed by atoms with Crippen molar-refractivity contribution in [1.29, 1.82) is 0 Å². The van der Waals surface area contributed by atoms with E-state index in [0.29, 0.717) is 28.5 Å². The molecule has 8 heteroatoms. The van der Waals surface area contributed by atoms with Gasteiger partial charge in [0, 0.05) is 34.9 Å². The highest BCUT2D eigenvalue weighted by Crippen LogP contribution is 2.39. The molecule has 1 N–H and O–H groups in total. The van der Waals surface area contributed by atoms with Crippen molar-refractivity contribution in [2.75, 3.05) is 33.3 Å². The maximum atomic E-state index is 12.6. The van der Waals surface area contributed by atoms with E-state index in [1.54, 1.807) is 18.2 Å². The van der Waals surface area contributed by atoms with Gasteiger partial charge in [-0.2, -0.15) is 0 Å². The number of aromatic nitrogens is 1. The van der Waals surface area contributed by atoms with Gasteiger partial charge in [-0.05, 0) is 32.0 Å². The summed E-state index contributed by atoms with van der Waals surface area (Å²) >= 11 is 0. The molecule has 168 valence electrons. The lowest BCUT2D eigenvalue weighted by Crippen LogP contribution is -2.21. The third kappa shape index (κ3) is 4.69. The maximum absolute atomic E-state index is 12.6. The molecule has 8 nitrogen and oxygen atoms in total. The zero-order valence-electron chi connectivity index (χ0n) is 18.7. The van der Waals surface area contributed by atoms with Gasteiger partial charge in [-0.3, -0.25) is 4.79 Å². The van der Waals surface area contributed by atoms with Gasteiger partial charge in [0.1, 0.15) is 0 Å². The molecule has 1 heterocycles. The Bertz CT molecular complexity index is 1100. The Balaban J connectivity index is 1.69. The summed E-state index contributed by atoms with van der Waals surface area (Å²) in [6.07, 6.45) is 0. The summed E-state index contributed by atoms with van der Waals surface area (Å²) in [6, 6.07) is 14.6. The molecule has 0 fully saturated rings. The van der Waals surface area contributed by atoms with E-state index in [0.717, 1.165) is 17.1 Å². The molecule has 3 rings (SSSR count). The smallest absolute Gasteiger partial charge is 0.340 e. The minimum atomic E-state index is -0.569. The summed E-state index contributed by atoms with van der Waals surface area (Å²) < 4.78 is 23.0. The number of hydrogen-bond donors (Lipinski definition) is 1. The minimum Gasteiger partial charge on any atom is -0.493 e. The van der Waals surface area contributed by atoms with Crippen molar-refractivity contribution in [1.82, 2.24) is 4.57 Å². The number of nitrogens with one attached hydrogen (secondary N) is 1. The first-order valence-electron chi connectivity index (χ1n) is 9.91. The highest BCUT2D eigenvalue weighted by molar-refractivity contribution is 5.96. The molecular weight excluding hydrogens is 412 g/mol. The van der Waals surface area contributed by atoms with Gasteiger partial charge in [-0.1, -0.05) is 18.2 Å². The van der Waals surface area contributed by atoms with Gasteiger partial charge in [0.2, 0.25) is 5.75 Å². The van der Waals surface area contributed by atoms with Gasteiger partial charge in [0.15, 0.2) is 18.1 Å². The van der Waals surface area contributed by atoms with E-state index in [1.807, 2.05) is 48.7 Å². The highest BCUT2D eigenvalue weighted by atomic mass is 16.5. The number of benzene rings is 2. The van der Waals surface area contributed by atoms with Crippen LogP contribution in [0.15, 0.2) is 48.5 Å². The molecule has 32 heavy (non-hydrogen) atoms. The topological polar surface area (TPSA) is 88.0 Å². The van der Waals surface area contributed by atoms with Crippen LogP contribution < -0.4 is 19.5 Å². The van der Waals surface area contributed by atoms with E-state index < -0.39 is 18.5 Å². The van der Waals surface area contributed by atoms with Gasteiger partial charge in [0.25, 0.3) is 5.91 Å². The van der Waals surface area contributed by atoms with Crippen molar-refractivity contribution in [3.63, 3.8) is 0 Å². The molecule has 1 aromatic heterocycles. The second kappa shape index (κ2) is 9.91. The van der Waals surface area contributed by atoms with E-state index >= 15 is 0 Å². The number of para-hydroxylation sites is 1. The average molecular weight is 438 g/mol. The molecule has 0 saturated heterocycles. The van der Waals surface area contributed by atoms with Crippen LogP contribution >= 0.6 is 0 Å². The van der Waals surface area contributed by atoms with Crippen molar-refractivity contribution in [3.8, 4) is 22.9 Å². The quantitative estimate of drug-likeness (QED) is 0.537. The molecule has 0 aliphatic heterocycles. The number of carbonyl (C=O) groups excluding carboxylic acids is 2. The van der Waals surface area contributed by atoms with Crippen LogP contribution in [0.1, 0.15) is 21.7 Å². The Hall–Kier alpha value is -3.94. The number of ether oxygens (including phenoxy) is 4. The lowest BCUT2D eigenvalue weighted by Gasteiger charge is -2.14. The molecule has 0 bridgehead atoms. The van der Waals surface area contributed by atoms with Crippen LogP contribution in [-0.2, 0) is 9.53 Å². The van der Waals surface area contributed by atoms with Crippen LogP contribution in [0.25, 0.3) is 5.69 Å². The third-order valence-electron chi connectivity index (χ3n) is 4.95. The van der Waals surface area contributed by atoms with E-state index in [2.05, 4.69) is 5.32 Å². The zero-order valence-corrected chi connectivity index (χ0v) is 18.7. The molecule has 3 aromatic rings. The van der Waals surface area contributed by atoms with E-state index in [4.69, 9.17) is 18.9 Å². The molecule has 0 aliphatic rings. The van der Waals surface area contributed by atoms with Gasteiger partial charge in [-0.15, -0.1) is 0 Å². The van der Waals surface area contributed by atoms with E-state index in [-0.39, 0.29) is 0 Å². The Morgan fingerprint density at radius 3 is 2.09 bits per heavy atom. The van der Waals surface area contributed by atoms with Crippen molar-refractivity contribution >= 4 is 17.6 Å². The van der Waals surface area contributed by atoms with Crippen molar-refractivity contribution in [2.45, 2.75) is 13.8 Å². The fourth-order valence-corrected chi connectivity index (χ4v) is 3.50. The number of amides is 1. The SMILES string of the molecule is COc1cc(NC(=O)COC(=O)c2cc(C)n(-c3ccccc3)c2C)cc(OC)c1OC. The number of methoxy groups -OCH3 is 3. The summed E-state index contributed by atoms with van der Waals surface area (Å²) in [5.41, 5.74) is 3.41. The minimum absolute atomic E-state index is 0.396. The standard InChI is InChI=1S/C24H26N2O6/c1-15-11-19(16(2)26(15)18-9-7-6-8-10-18)24(28)32-14-22(27)25-17-12-20(29-3)23(31-5)21(13-17)30-4/h6-13H,14H2,1-5H3,(H,25,27). The number of carbonyl (C=O) groups is 2. The number of hydrogen-bond acceptors (Lipinski definition) is 6. The molecule has 0 aliphatic carbocycles. The monoisotopic (exact) mass is 438 g/mol. The summed E-state index contributed by atoms with van der Waals surface area (Å²) in [5, 5.41) is 2.67. The molecule has 0 radical (unpaired) electrons. The molecule has 1 amide bonds. The van der Waals surface area contributed by atoms with Crippen molar-refractivity contribution < 1.29 is 28.5 Å². The van der Waals surface area contributed by atoms with E-state index in [9.17, 15) is 9.59 Å². The number of aryl methyl sites for hydroxylation is 1. The fraction of sp³-hybridized carbons (Fsp3) is 0.250. The normalized spacial score (nSPS) is 10.4. The van der Waals surface area contributed by atoms with Crippen LogP contribution in [0.5, 0.6) is 17.2 Å². The first kappa shape index (κ1) is 22.7. The van der Waals surface area contributed by atoms with Crippen LogP contribution in [0.3, 0.4) is 0 Å². The largest absolute Gasteiger partial charge is 0.493 e. The van der Waals surface area contributed by atoms with E-state index in [1.165, 1.54) is 21.3 Å². The van der Waals surface area contributed by atoms with Gasteiger partial charge >= 0.3 is 5.97 Å².